The number of H-pyrrole nitrogens is 1. The van der Waals surface area contributed by atoms with Crippen LogP contribution < -0.4 is 5.32 Å². The molecule has 116 valence electrons. The highest BCUT2D eigenvalue weighted by Gasteiger charge is 2.27. The Kier molecular flexibility index (Phi) is 5.19. The van der Waals surface area contributed by atoms with Crippen molar-refractivity contribution in [3.05, 3.63) is 18.2 Å². The van der Waals surface area contributed by atoms with Gasteiger partial charge < -0.3 is 19.9 Å². The molecule has 1 aliphatic rings. The van der Waals surface area contributed by atoms with Crippen LogP contribution in [0, 0.1) is 5.92 Å². The third-order valence-corrected chi connectivity index (χ3v) is 3.71. The number of hydrogen-bond acceptors (Lipinski definition) is 4. The number of nitrogens with one attached hydrogen (secondary N) is 2. The van der Waals surface area contributed by atoms with Crippen LogP contribution in [0.5, 0.6) is 0 Å². The SMILES string of the molecule is COC(=O)[C@H](Cc1cnc[nH]1)NC(=O)N1CCCC(C)C1. The number of aromatic amines is 1. The van der Waals surface area contributed by atoms with E-state index in [4.69, 9.17) is 4.74 Å². The summed E-state index contributed by atoms with van der Waals surface area (Å²) in [5.41, 5.74) is 0.776. The highest BCUT2D eigenvalue weighted by Crippen LogP contribution is 2.15. The molecule has 2 amide bonds. The van der Waals surface area contributed by atoms with Gasteiger partial charge in [-0.1, -0.05) is 6.92 Å². The van der Waals surface area contributed by atoms with Crippen LogP contribution in [-0.4, -0.2) is 53.1 Å². The zero-order valence-corrected chi connectivity index (χ0v) is 12.5. The summed E-state index contributed by atoms with van der Waals surface area (Å²) < 4.78 is 4.76. The minimum absolute atomic E-state index is 0.212. The standard InChI is InChI=1S/C14H22N4O3/c1-10-4-3-5-18(8-10)14(20)17-12(13(19)21-2)6-11-7-15-9-16-11/h7,9-10,12H,3-6,8H2,1-2H3,(H,15,16)(H,17,20)/t10?,12-/m0/s1. The molecule has 1 aromatic heterocycles. The molecule has 2 heterocycles. The van der Waals surface area contributed by atoms with Gasteiger partial charge in [-0.2, -0.15) is 0 Å². The molecule has 2 atom stereocenters. The Labute approximate surface area is 124 Å². The van der Waals surface area contributed by atoms with Crippen LogP contribution in [0.25, 0.3) is 0 Å². The van der Waals surface area contributed by atoms with Crippen molar-refractivity contribution in [3.8, 4) is 0 Å². The van der Waals surface area contributed by atoms with Crippen LogP contribution in [0.15, 0.2) is 12.5 Å². The van der Waals surface area contributed by atoms with Crippen LogP contribution in [0.3, 0.4) is 0 Å². The van der Waals surface area contributed by atoms with Gasteiger partial charge in [0.15, 0.2) is 0 Å². The fraction of sp³-hybridized carbons (Fsp3) is 0.643. The Morgan fingerprint density at radius 1 is 1.62 bits per heavy atom. The number of carbonyl (C=O) groups is 2. The van der Waals surface area contributed by atoms with Gasteiger partial charge in [0.05, 0.1) is 13.4 Å². The van der Waals surface area contributed by atoms with Gasteiger partial charge in [-0.15, -0.1) is 0 Å². The Morgan fingerprint density at radius 2 is 2.43 bits per heavy atom. The molecule has 7 heteroatoms. The molecule has 2 N–H and O–H groups in total. The number of likely N-dealkylation sites (tertiary alicyclic amines) is 1. The van der Waals surface area contributed by atoms with Gasteiger partial charge in [0.25, 0.3) is 0 Å². The van der Waals surface area contributed by atoms with Crippen molar-refractivity contribution < 1.29 is 14.3 Å². The molecule has 0 radical (unpaired) electrons. The maximum Gasteiger partial charge on any atom is 0.328 e. The fourth-order valence-electron chi connectivity index (χ4n) is 2.57. The number of piperidine rings is 1. The third kappa shape index (κ3) is 4.21. The van der Waals surface area contributed by atoms with E-state index in [1.807, 2.05) is 0 Å². The number of amides is 2. The number of aromatic nitrogens is 2. The molecular weight excluding hydrogens is 272 g/mol. The van der Waals surface area contributed by atoms with Crippen LogP contribution >= 0.6 is 0 Å². The number of hydrogen-bond donors (Lipinski definition) is 2. The van der Waals surface area contributed by atoms with Crippen LogP contribution in [-0.2, 0) is 16.0 Å². The number of methoxy groups -OCH3 is 1. The Hall–Kier alpha value is -2.05. The first-order valence-corrected chi connectivity index (χ1v) is 7.20. The summed E-state index contributed by atoms with van der Waals surface area (Å²) in [5.74, 6) is 0.0386. The predicted molar refractivity (Wildman–Crippen MR) is 76.6 cm³/mol. The van der Waals surface area contributed by atoms with E-state index in [1.54, 1.807) is 11.1 Å². The number of esters is 1. The molecule has 0 saturated carbocycles. The molecule has 1 aliphatic heterocycles. The molecule has 7 nitrogen and oxygen atoms in total. The summed E-state index contributed by atoms with van der Waals surface area (Å²) in [6, 6.07) is -0.920. The van der Waals surface area contributed by atoms with E-state index in [-0.39, 0.29) is 6.03 Å². The quantitative estimate of drug-likeness (QED) is 0.809. The molecule has 2 rings (SSSR count). The average molecular weight is 294 g/mol. The normalized spacial score (nSPS) is 19.9. The minimum Gasteiger partial charge on any atom is -0.467 e. The van der Waals surface area contributed by atoms with Crippen LogP contribution in [0.4, 0.5) is 4.79 Å². The topological polar surface area (TPSA) is 87.3 Å². The van der Waals surface area contributed by atoms with E-state index in [1.165, 1.54) is 13.4 Å². The van der Waals surface area contributed by atoms with Crippen molar-refractivity contribution in [3.63, 3.8) is 0 Å². The second kappa shape index (κ2) is 7.10. The fourth-order valence-corrected chi connectivity index (χ4v) is 2.57. The Bertz CT molecular complexity index is 475. The van der Waals surface area contributed by atoms with Gasteiger partial charge in [-0.05, 0) is 18.8 Å². The minimum atomic E-state index is -0.708. The summed E-state index contributed by atoms with van der Waals surface area (Å²) in [6.07, 6.45) is 5.64. The number of urea groups is 1. The molecule has 21 heavy (non-hydrogen) atoms. The molecule has 1 fully saturated rings. The number of imidazole rings is 1. The summed E-state index contributed by atoms with van der Waals surface area (Å²) in [4.78, 5) is 32.7. The second-order valence-electron chi connectivity index (χ2n) is 5.50. The molecule has 0 bridgehead atoms. The highest BCUT2D eigenvalue weighted by molar-refractivity contribution is 5.83. The molecule has 0 aromatic carbocycles. The molecule has 1 saturated heterocycles. The molecular formula is C14H22N4O3. The predicted octanol–water partition coefficient (Wildman–Crippen LogP) is 0.935. The third-order valence-electron chi connectivity index (χ3n) is 3.71. The van der Waals surface area contributed by atoms with Crippen molar-refractivity contribution in [1.82, 2.24) is 20.2 Å². The molecule has 0 spiro atoms. The zero-order valence-electron chi connectivity index (χ0n) is 12.5. The lowest BCUT2D eigenvalue weighted by atomic mass is 10.0. The van der Waals surface area contributed by atoms with Gasteiger partial charge in [0.1, 0.15) is 6.04 Å². The average Bonchev–Trinajstić information content (AvgIpc) is 2.98. The van der Waals surface area contributed by atoms with E-state index in [9.17, 15) is 9.59 Å². The number of nitrogens with zero attached hydrogens (tertiary/aromatic N) is 2. The molecule has 1 aromatic rings. The summed E-state index contributed by atoms with van der Waals surface area (Å²) in [6.45, 7) is 3.58. The summed E-state index contributed by atoms with van der Waals surface area (Å²) in [5, 5.41) is 2.76. The number of ether oxygens (including phenoxy) is 1. The van der Waals surface area contributed by atoms with Crippen molar-refractivity contribution in [2.45, 2.75) is 32.2 Å². The van der Waals surface area contributed by atoms with Crippen molar-refractivity contribution in [1.29, 1.82) is 0 Å². The summed E-state index contributed by atoms with van der Waals surface area (Å²) >= 11 is 0. The van der Waals surface area contributed by atoms with E-state index in [2.05, 4.69) is 22.2 Å². The van der Waals surface area contributed by atoms with Crippen LogP contribution in [0.2, 0.25) is 0 Å². The van der Waals surface area contributed by atoms with Crippen LogP contribution in [0.1, 0.15) is 25.5 Å². The molecule has 0 aliphatic carbocycles. The van der Waals surface area contributed by atoms with Gasteiger partial charge in [-0.25, -0.2) is 14.6 Å². The first-order chi connectivity index (χ1) is 10.1. The summed E-state index contributed by atoms with van der Waals surface area (Å²) in [7, 11) is 1.32. The van der Waals surface area contributed by atoms with E-state index in [0.717, 1.165) is 31.6 Å². The lowest BCUT2D eigenvalue weighted by Crippen LogP contribution is -2.51. The van der Waals surface area contributed by atoms with Crippen molar-refractivity contribution in [2.75, 3.05) is 20.2 Å². The Balaban J connectivity index is 1.97. The van der Waals surface area contributed by atoms with E-state index >= 15 is 0 Å². The highest BCUT2D eigenvalue weighted by atomic mass is 16.5. The molecule has 1 unspecified atom stereocenters. The first-order valence-electron chi connectivity index (χ1n) is 7.20. The van der Waals surface area contributed by atoms with Gasteiger partial charge >= 0.3 is 12.0 Å². The smallest absolute Gasteiger partial charge is 0.328 e. The zero-order chi connectivity index (χ0) is 15.2. The Morgan fingerprint density at radius 3 is 3.05 bits per heavy atom. The van der Waals surface area contributed by atoms with Gasteiger partial charge in [0.2, 0.25) is 0 Å². The second-order valence-corrected chi connectivity index (χ2v) is 5.50. The maximum absolute atomic E-state index is 12.3. The lowest BCUT2D eigenvalue weighted by molar-refractivity contribution is -0.142. The van der Waals surface area contributed by atoms with Crippen molar-refractivity contribution in [2.24, 2.45) is 5.92 Å². The monoisotopic (exact) mass is 294 g/mol. The van der Waals surface area contributed by atoms with Gasteiger partial charge in [-0.3, -0.25) is 0 Å². The lowest BCUT2D eigenvalue weighted by Gasteiger charge is -2.32. The largest absolute Gasteiger partial charge is 0.467 e. The van der Waals surface area contributed by atoms with Gasteiger partial charge in [0, 0.05) is 31.4 Å². The first kappa shape index (κ1) is 15.3. The number of carbonyl (C=O) groups excluding carboxylic acids is 2. The number of rotatable bonds is 4. The maximum atomic E-state index is 12.3. The van der Waals surface area contributed by atoms with E-state index in [0.29, 0.717) is 12.3 Å². The van der Waals surface area contributed by atoms with Crippen molar-refractivity contribution >= 4 is 12.0 Å². The van der Waals surface area contributed by atoms with E-state index < -0.39 is 12.0 Å².